The molecule has 0 saturated heterocycles. The van der Waals surface area contributed by atoms with E-state index in [2.05, 4.69) is 24.9 Å². The van der Waals surface area contributed by atoms with Crippen molar-refractivity contribution in [1.29, 1.82) is 0 Å². The van der Waals surface area contributed by atoms with Crippen molar-refractivity contribution < 1.29 is 15.3 Å². The summed E-state index contributed by atoms with van der Waals surface area (Å²) in [4.78, 5) is 4.50. The van der Waals surface area contributed by atoms with Crippen LogP contribution in [-0.2, 0) is 6.42 Å². The lowest BCUT2D eigenvalue weighted by Gasteiger charge is -2.59. The molecule has 1 aromatic rings. The van der Waals surface area contributed by atoms with Gasteiger partial charge in [-0.3, -0.25) is 4.98 Å². The number of aliphatic hydroxyl groups is 3. The summed E-state index contributed by atoms with van der Waals surface area (Å²) >= 11 is 0. The number of pyridine rings is 1. The molecule has 0 spiro atoms. The van der Waals surface area contributed by atoms with E-state index in [-0.39, 0.29) is 10.8 Å². The van der Waals surface area contributed by atoms with Gasteiger partial charge in [0, 0.05) is 18.3 Å². The van der Waals surface area contributed by atoms with Crippen LogP contribution in [0.25, 0.3) is 0 Å². The number of aliphatic hydroxyl groups excluding tert-OH is 2. The predicted octanol–water partition coefficient (Wildman–Crippen LogP) is 3.65. The van der Waals surface area contributed by atoms with Gasteiger partial charge in [0.25, 0.3) is 0 Å². The molecule has 1 aromatic heterocycles. The summed E-state index contributed by atoms with van der Waals surface area (Å²) in [6, 6.07) is 5.97. The van der Waals surface area contributed by atoms with Gasteiger partial charge in [-0.05, 0) is 91.2 Å². The van der Waals surface area contributed by atoms with Gasteiger partial charge in [0.05, 0.1) is 11.7 Å². The van der Waals surface area contributed by atoms with Gasteiger partial charge in [-0.2, -0.15) is 0 Å². The van der Waals surface area contributed by atoms with Crippen LogP contribution >= 0.6 is 0 Å². The van der Waals surface area contributed by atoms with Crippen LogP contribution in [0.5, 0.6) is 0 Å². The molecule has 5 rings (SSSR count). The van der Waals surface area contributed by atoms with E-state index in [0.717, 1.165) is 49.8 Å². The largest absolute Gasteiger partial charge is 0.390 e. The first-order chi connectivity index (χ1) is 13.8. The Labute approximate surface area is 174 Å². The van der Waals surface area contributed by atoms with E-state index in [1.165, 1.54) is 0 Å². The molecule has 4 nitrogen and oxygen atoms in total. The van der Waals surface area contributed by atoms with E-state index >= 15 is 0 Å². The monoisotopic (exact) mass is 397 g/mol. The Morgan fingerprint density at radius 3 is 2.59 bits per heavy atom. The molecule has 4 aliphatic rings. The van der Waals surface area contributed by atoms with Crippen molar-refractivity contribution >= 4 is 0 Å². The topological polar surface area (TPSA) is 73.6 Å². The standard InChI is InChI=1S/C25H35NO3/c1-23-11-10-21(27)22(28)20(23)7-6-17-18(23)8-12-24(2)19(17)9-13-25(24,29)15-16-5-3-4-14-26-16/h3-5,7,14,17-19,21-22,27-29H,6,8-13,15H2,1-2H3/t17-,18+,19+,21+,22+,23-,24+,25-/m1/s1. The SMILES string of the molecule is C[C@]12CC[C@H](O)[C@@H](O)C1=CC[C@@H]1[C@@H]2CC[C@@]2(C)[C@H]1CC[C@@]2(O)Cc1ccccn1. The fourth-order valence-corrected chi connectivity index (χ4v) is 7.92. The first kappa shape index (κ1) is 19.7. The zero-order chi connectivity index (χ0) is 20.4. The number of nitrogens with zero attached hydrogens (tertiary/aromatic N) is 1. The zero-order valence-corrected chi connectivity index (χ0v) is 17.7. The van der Waals surface area contributed by atoms with Gasteiger partial charge < -0.3 is 15.3 Å². The fourth-order valence-electron chi connectivity index (χ4n) is 7.92. The van der Waals surface area contributed by atoms with E-state index in [4.69, 9.17) is 0 Å². The minimum Gasteiger partial charge on any atom is -0.390 e. The molecule has 0 amide bonds. The lowest BCUT2D eigenvalue weighted by Crippen LogP contribution is -2.56. The average Bonchev–Trinajstić information content (AvgIpc) is 2.97. The van der Waals surface area contributed by atoms with Gasteiger partial charge in [-0.1, -0.05) is 26.0 Å². The molecule has 4 aliphatic carbocycles. The molecular formula is C25H35NO3. The number of aromatic nitrogens is 1. The van der Waals surface area contributed by atoms with Crippen molar-refractivity contribution in [3.05, 3.63) is 41.7 Å². The fraction of sp³-hybridized carbons (Fsp3) is 0.720. The summed E-state index contributed by atoms with van der Waals surface area (Å²) < 4.78 is 0. The Morgan fingerprint density at radius 1 is 1.03 bits per heavy atom. The van der Waals surface area contributed by atoms with Crippen molar-refractivity contribution in [3.8, 4) is 0 Å². The van der Waals surface area contributed by atoms with Gasteiger partial charge in [0.15, 0.2) is 0 Å². The minimum atomic E-state index is -0.701. The average molecular weight is 398 g/mol. The maximum Gasteiger partial charge on any atom is 0.101 e. The van der Waals surface area contributed by atoms with Crippen LogP contribution in [0.15, 0.2) is 36.0 Å². The molecule has 0 radical (unpaired) electrons. The molecule has 8 atom stereocenters. The van der Waals surface area contributed by atoms with E-state index in [1.54, 1.807) is 0 Å². The van der Waals surface area contributed by atoms with Crippen molar-refractivity contribution in [2.45, 2.75) is 83.0 Å². The molecule has 3 fully saturated rings. The first-order valence-corrected chi connectivity index (χ1v) is 11.5. The highest BCUT2D eigenvalue weighted by Gasteiger charge is 2.64. The zero-order valence-electron chi connectivity index (χ0n) is 17.7. The second kappa shape index (κ2) is 6.63. The van der Waals surface area contributed by atoms with Crippen LogP contribution in [0, 0.1) is 28.6 Å². The Balaban J connectivity index is 1.45. The van der Waals surface area contributed by atoms with Gasteiger partial charge in [0.1, 0.15) is 6.10 Å². The van der Waals surface area contributed by atoms with Crippen LogP contribution in [0.2, 0.25) is 0 Å². The van der Waals surface area contributed by atoms with Crippen LogP contribution in [0.4, 0.5) is 0 Å². The van der Waals surface area contributed by atoms with Crippen LogP contribution in [-0.4, -0.2) is 38.1 Å². The number of rotatable bonds is 2. The molecule has 1 heterocycles. The molecule has 3 saturated carbocycles. The number of hydrogen-bond acceptors (Lipinski definition) is 4. The number of allylic oxidation sites excluding steroid dienone is 1. The Morgan fingerprint density at radius 2 is 1.83 bits per heavy atom. The van der Waals surface area contributed by atoms with Gasteiger partial charge in [-0.25, -0.2) is 0 Å². The third-order valence-corrected chi connectivity index (χ3v) is 9.69. The predicted molar refractivity (Wildman–Crippen MR) is 112 cm³/mol. The Kier molecular flexibility index (Phi) is 4.51. The summed E-state index contributed by atoms with van der Waals surface area (Å²) in [5.74, 6) is 1.61. The van der Waals surface area contributed by atoms with Gasteiger partial charge in [0.2, 0.25) is 0 Å². The maximum absolute atomic E-state index is 11.8. The lowest BCUT2D eigenvalue weighted by molar-refractivity contribution is -0.129. The van der Waals surface area contributed by atoms with E-state index in [1.807, 2.05) is 24.4 Å². The van der Waals surface area contributed by atoms with Crippen LogP contribution < -0.4 is 0 Å². The molecule has 0 bridgehead atoms. The lowest BCUT2D eigenvalue weighted by atomic mass is 9.46. The highest BCUT2D eigenvalue weighted by atomic mass is 16.3. The molecule has 0 aromatic carbocycles. The van der Waals surface area contributed by atoms with Crippen molar-refractivity contribution in [1.82, 2.24) is 4.98 Å². The molecule has 4 heteroatoms. The van der Waals surface area contributed by atoms with Crippen molar-refractivity contribution in [2.75, 3.05) is 0 Å². The van der Waals surface area contributed by atoms with Crippen molar-refractivity contribution in [2.24, 2.45) is 28.6 Å². The first-order valence-electron chi connectivity index (χ1n) is 11.5. The van der Waals surface area contributed by atoms with Crippen LogP contribution in [0.3, 0.4) is 0 Å². The maximum atomic E-state index is 11.8. The third kappa shape index (κ3) is 2.72. The second-order valence-corrected chi connectivity index (χ2v) is 10.8. The molecule has 3 N–H and O–H groups in total. The van der Waals surface area contributed by atoms with Crippen molar-refractivity contribution in [3.63, 3.8) is 0 Å². The molecule has 158 valence electrons. The smallest absolute Gasteiger partial charge is 0.101 e. The summed E-state index contributed by atoms with van der Waals surface area (Å²) in [6.07, 6.45) is 10.1. The third-order valence-electron chi connectivity index (χ3n) is 9.69. The van der Waals surface area contributed by atoms with E-state index in [9.17, 15) is 15.3 Å². The van der Waals surface area contributed by atoms with Gasteiger partial charge in [-0.15, -0.1) is 0 Å². The Bertz CT molecular complexity index is 810. The highest BCUT2D eigenvalue weighted by Crippen LogP contribution is 2.67. The normalized spacial score (nSPS) is 49.0. The summed E-state index contributed by atoms with van der Waals surface area (Å²) in [5, 5.41) is 32.7. The second-order valence-electron chi connectivity index (χ2n) is 10.8. The molecular weight excluding hydrogens is 362 g/mol. The quantitative estimate of drug-likeness (QED) is 0.666. The Hall–Kier alpha value is -1.23. The highest BCUT2D eigenvalue weighted by molar-refractivity contribution is 5.29. The van der Waals surface area contributed by atoms with E-state index < -0.39 is 17.8 Å². The molecule has 0 aliphatic heterocycles. The van der Waals surface area contributed by atoms with Gasteiger partial charge >= 0.3 is 0 Å². The summed E-state index contributed by atoms with van der Waals surface area (Å²) in [7, 11) is 0. The molecule has 29 heavy (non-hydrogen) atoms. The summed E-state index contributed by atoms with van der Waals surface area (Å²) in [5.41, 5.74) is 1.29. The van der Waals surface area contributed by atoms with Crippen LogP contribution in [0.1, 0.15) is 64.5 Å². The molecule has 0 unspecified atom stereocenters. The minimum absolute atomic E-state index is 0.00934. The van der Waals surface area contributed by atoms with E-state index in [0.29, 0.717) is 30.6 Å². The number of fused-ring (bicyclic) bond motifs is 5. The number of hydrogen-bond donors (Lipinski definition) is 3. The summed E-state index contributed by atoms with van der Waals surface area (Å²) in [6.45, 7) is 4.65.